The Labute approximate surface area is 171 Å². The summed E-state index contributed by atoms with van der Waals surface area (Å²) in [5, 5.41) is 5.73. The molecule has 0 aliphatic carbocycles. The lowest BCUT2D eigenvalue weighted by molar-refractivity contribution is -0.178. The molecule has 1 aromatic heterocycles. The zero-order valence-corrected chi connectivity index (χ0v) is 16.5. The van der Waals surface area contributed by atoms with E-state index in [4.69, 9.17) is 5.73 Å². The molecule has 0 spiro atoms. The van der Waals surface area contributed by atoms with Crippen LogP contribution in [0.2, 0.25) is 0 Å². The molecule has 2 heterocycles. The number of nitrogens with zero attached hydrogens (tertiary/aromatic N) is 2. The number of alkyl halides is 3. The van der Waals surface area contributed by atoms with E-state index in [0.717, 1.165) is 0 Å². The monoisotopic (exact) mass is 423 g/mol. The summed E-state index contributed by atoms with van der Waals surface area (Å²) in [6.07, 6.45) is -3.13. The zero-order valence-electron chi connectivity index (χ0n) is 16.5. The summed E-state index contributed by atoms with van der Waals surface area (Å²) in [6, 6.07) is 6.07. The summed E-state index contributed by atoms with van der Waals surface area (Å²) in [7, 11) is 1.46. The number of fused-ring (bicyclic) bond motifs is 1. The second kappa shape index (κ2) is 8.76. The first-order valence-corrected chi connectivity index (χ1v) is 9.64. The minimum absolute atomic E-state index is 0.0181. The van der Waals surface area contributed by atoms with Crippen LogP contribution in [-0.4, -0.2) is 49.2 Å². The van der Waals surface area contributed by atoms with Crippen LogP contribution in [0.25, 0.3) is 10.9 Å². The number of rotatable bonds is 5. The third-order valence-corrected chi connectivity index (χ3v) is 5.26. The standard InChI is InChI=1S/C20H24F3N5O2/c1-25-17(29)6-7-18(30)27-13-9-12(20(21,22)23)10-28(11-13)16-5-4-15(24)19-14(16)3-2-8-26-19/h2-5,8,12-13H,6-7,9-11,24H2,1H3,(H,25,29)(H,27,30). The maximum absolute atomic E-state index is 13.6. The number of hydrogen-bond donors (Lipinski definition) is 3. The van der Waals surface area contributed by atoms with Crippen molar-refractivity contribution in [3.63, 3.8) is 0 Å². The Kier molecular flexibility index (Phi) is 6.33. The number of carbonyl (C=O) groups is 2. The highest BCUT2D eigenvalue weighted by Gasteiger charge is 2.45. The van der Waals surface area contributed by atoms with Crippen molar-refractivity contribution < 1.29 is 22.8 Å². The van der Waals surface area contributed by atoms with Crippen molar-refractivity contribution in [2.24, 2.45) is 5.92 Å². The number of benzene rings is 1. The Morgan fingerprint density at radius 2 is 1.93 bits per heavy atom. The Hall–Kier alpha value is -3.04. The Bertz CT molecular complexity index is 934. The van der Waals surface area contributed by atoms with E-state index in [0.29, 0.717) is 22.3 Å². The number of piperidine rings is 1. The molecule has 10 heteroatoms. The van der Waals surface area contributed by atoms with Crippen LogP contribution in [0.5, 0.6) is 0 Å². The number of hydrogen-bond acceptors (Lipinski definition) is 5. The molecule has 2 amide bonds. The normalized spacial score (nSPS) is 19.5. The molecule has 3 rings (SSSR count). The molecule has 2 aromatic rings. The number of pyridine rings is 1. The predicted molar refractivity (Wildman–Crippen MR) is 108 cm³/mol. The van der Waals surface area contributed by atoms with Crippen molar-refractivity contribution in [2.75, 3.05) is 30.8 Å². The maximum Gasteiger partial charge on any atom is 0.393 e. The number of aromatic nitrogens is 1. The average molecular weight is 423 g/mol. The molecule has 0 bridgehead atoms. The summed E-state index contributed by atoms with van der Waals surface area (Å²) in [6.45, 7) is -0.00572. The fraction of sp³-hybridized carbons (Fsp3) is 0.450. The number of nitrogen functional groups attached to an aromatic ring is 1. The van der Waals surface area contributed by atoms with E-state index >= 15 is 0 Å². The van der Waals surface area contributed by atoms with Crippen molar-refractivity contribution in [3.8, 4) is 0 Å². The van der Waals surface area contributed by atoms with Gasteiger partial charge >= 0.3 is 6.18 Å². The first kappa shape index (κ1) is 21.7. The first-order valence-electron chi connectivity index (χ1n) is 9.64. The van der Waals surface area contributed by atoms with Gasteiger partial charge in [0.25, 0.3) is 0 Å². The van der Waals surface area contributed by atoms with E-state index < -0.39 is 24.0 Å². The molecule has 0 saturated carbocycles. The summed E-state index contributed by atoms with van der Waals surface area (Å²) in [5.74, 6) is -2.35. The number of anilines is 2. The number of nitrogens with two attached hydrogens (primary N) is 1. The fourth-order valence-corrected chi connectivity index (χ4v) is 3.74. The van der Waals surface area contributed by atoms with Crippen LogP contribution in [0.15, 0.2) is 30.5 Å². The van der Waals surface area contributed by atoms with Gasteiger partial charge in [-0.2, -0.15) is 13.2 Å². The van der Waals surface area contributed by atoms with Crippen LogP contribution in [-0.2, 0) is 9.59 Å². The summed E-state index contributed by atoms with van der Waals surface area (Å²) in [5.41, 5.74) is 7.52. The third-order valence-electron chi connectivity index (χ3n) is 5.26. The second-order valence-corrected chi connectivity index (χ2v) is 7.39. The highest BCUT2D eigenvalue weighted by atomic mass is 19.4. The lowest BCUT2D eigenvalue weighted by atomic mass is 9.92. The van der Waals surface area contributed by atoms with Crippen molar-refractivity contribution in [1.82, 2.24) is 15.6 Å². The third kappa shape index (κ3) is 4.92. The highest BCUT2D eigenvalue weighted by molar-refractivity contribution is 5.98. The summed E-state index contributed by atoms with van der Waals surface area (Å²) in [4.78, 5) is 29.3. The van der Waals surface area contributed by atoms with Gasteiger partial charge in [-0.25, -0.2) is 0 Å². The van der Waals surface area contributed by atoms with Crippen LogP contribution < -0.4 is 21.3 Å². The van der Waals surface area contributed by atoms with Gasteiger partial charge in [-0.15, -0.1) is 0 Å². The minimum Gasteiger partial charge on any atom is -0.397 e. The van der Waals surface area contributed by atoms with Crippen LogP contribution in [0.1, 0.15) is 19.3 Å². The first-order chi connectivity index (χ1) is 14.2. The number of halogens is 3. The van der Waals surface area contributed by atoms with Gasteiger partial charge in [0, 0.05) is 56.3 Å². The number of nitrogens with one attached hydrogen (secondary N) is 2. The van der Waals surface area contributed by atoms with E-state index in [2.05, 4.69) is 15.6 Å². The van der Waals surface area contributed by atoms with Crippen molar-refractivity contribution in [2.45, 2.75) is 31.5 Å². The fourth-order valence-electron chi connectivity index (χ4n) is 3.74. The molecule has 7 nitrogen and oxygen atoms in total. The molecule has 30 heavy (non-hydrogen) atoms. The summed E-state index contributed by atoms with van der Waals surface area (Å²) >= 11 is 0. The van der Waals surface area contributed by atoms with Gasteiger partial charge in [-0.05, 0) is 30.7 Å². The number of amides is 2. The van der Waals surface area contributed by atoms with Crippen LogP contribution in [0.3, 0.4) is 0 Å². The van der Waals surface area contributed by atoms with Crippen LogP contribution in [0, 0.1) is 5.92 Å². The molecule has 1 aromatic carbocycles. The molecule has 0 radical (unpaired) electrons. The van der Waals surface area contributed by atoms with Crippen LogP contribution >= 0.6 is 0 Å². The maximum atomic E-state index is 13.6. The van der Waals surface area contributed by atoms with E-state index in [1.54, 1.807) is 35.4 Å². The molecule has 1 saturated heterocycles. The van der Waals surface area contributed by atoms with Crippen molar-refractivity contribution in [1.29, 1.82) is 0 Å². The second-order valence-electron chi connectivity index (χ2n) is 7.39. The van der Waals surface area contributed by atoms with Gasteiger partial charge < -0.3 is 21.3 Å². The van der Waals surface area contributed by atoms with E-state index in [1.807, 2.05) is 0 Å². The van der Waals surface area contributed by atoms with Crippen molar-refractivity contribution in [3.05, 3.63) is 30.5 Å². The molecule has 1 fully saturated rings. The number of carbonyl (C=O) groups excluding carboxylic acids is 2. The molecular weight excluding hydrogens is 399 g/mol. The van der Waals surface area contributed by atoms with E-state index in [9.17, 15) is 22.8 Å². The smallest absolute Gasteiger partial charge is 0.393 e. The van der Waals surface area contributed by atoms with Gasteiger partial charge in [0.1, 0.15) is 0 Å². The van der Waals surface area contributed by atoms with Gasteiger partial charge in [-0.3, -0.25) is 14.6 Å². The average Bonchev–Trinajstić information content (AvgIpc) is 2.71. The molecule has 1 aliphatic heterocycles. The van der Waals surface area contributed by atoms with Crippen molar-refractivity contribution >= 4 is 34.1 Å². The van der Waals surface area contributed by atoms with Crippen LogP contribution in [0.4, 0.5) is 24.5 Å². The molecule has 2 atom stereocenters. The highest BCUT2D eigenvalue weighted by Crippen LogP contribution is 2.37. The van der Waals surface area contributed by atoms with Gasteiger partial charge in [0.15, 0.2) is 0 Å². The Balaban J connectivity index is 1.84. The lowest BCUT2D eigenvalue weighted by Crippen LogP contribution is -2.54. The molecule has 4 N–H and O–H groups in total. The lowest BCUT2D eigenvalue weighted by Gasteiger charge is -2.40. The molecule has 162 valence electrons. The Morgan fingerprint density at radius 1 is 1.20 bits per heavy atom. The summed E-state index contributed by atoms with van der Waals surface area (Å²) < 4.78 is 40.8. The predicted octanol–water partition coefficient (Wildman–Crippen LogP) is 2.22. The quantitative estimate of drug-likeness (QED) is 0.641. The zero-order chi connectivity index (χ0) is 21.9. The van der Waals surface area contributed by atoms with Gasteiger partial charge in [0.2, 0.25) is 11.8 Å². The SMILES string of the molecule is CNC(=O)CCC(=O)NC1CC(C(F)(F)F)CN(c2ccc(N)c3ncccc23)C1. The minimum atomic E-state index is -4.40. The van der Waals surface area contributed by atoms with E-state index in [1.165, 1.54) is 7.05 Å². The molecular formula is C20H24F3N5O2. The molecule has 1 aliphatic rings. The topological polar surface area (TPSA) is 100 Å². The van der Waals surface area contributed by atoms with E-state index in [-0.39, 0.29) is 38.3 Å². The van der Waals surface area contributed by atoms with Gasteiger partial charge in [-0.1, -0.05) is 0 Å². The van der Waals surface area contributed by atoms with Gasteiger partial charge in [0.05, 0.1) is 17.1 Å². The Morgan fingerprint density at radius 3 is 2.63 bits per heavy atom. The largest absolute Gasteiger partial charge is 0.397 e. The molecule has 2 unspecified atom stereocenters.